The van der Waals surface area contributed by atoms with Crippen LogP contribution in [0.1, 0.15) is 5.56 Å². The number of rotatable bonds is 8. The SMILES string of the molecule is COc1cc(-c2nnc(NC(=O)/C=C/c3cccc([N+](=O)[O-])c3)o2)cc(OC)c1OC. The number of anilines is 1. The summed E-state index contributed by atoms with van der Waals surface area (Å²) < 4.78 is 21.3. The first-order valence-corrected chi connectivity index (χ1v) is 8.82. The van der Waals surface area contributed by atoms with E-state index in [2.05, 4.69) is 15.5 Å². The zero-order valence-corrected chi connectivity index (χ0v) is 16.8. The summed E-state index contributed by atoms with van der Waals surface area (Å²) in [4.78, 5) is 22.4. The van der Waals surface area contributed by atoms with Crippen LogP contribution in [-0.2, 0) is 4.79 Å². The fourth-order valence-corrected chi connectivity index (χ4v) is 2.66. The zero-order valence-electron chi connectivity index (χ0n) is 16.8. The van der Waals surface area contributed by atoms with E-state index in [0.717, 1.165) is 0 Å². The summed E-state index contributed by atoms with van der Waals surface area (Å²) in [6.07, 6.45) is 2.63. The van der Waals surface area contributed by atoms with Crippen molar-refractivity contribution in [3.8, 4) is 28.7 Å². The van der Waals surface area contributed by atoms with Gasteiger partial charge in [0, 0.05) is 23.8 Å². The van der Waals surface area contributed by atoms with Crippen molar-refractivity contribution in [2.24, 2.45) is 0 Å². The molecule has 0 spiro atoms. The number of carbonyl (C=O) groups is 1. The summed E-state index contributed by atoms with van der Waals surface area (Å²) in [5.74, 6) is 0.790. The summed E-state index contributed by atoms with van der Waals surface area (Å²) >= 11 is 0. The summed E-state index contributed by atoms with van der Waals surface area (Å²) in [5.41, 5.74) is 0.914. The maximum absolute atomic E-state index is 12.1. The minimum Gasteiger partial charge on any atom is -0.493 e. The molecule has 0 bridgehead atoms. The topological polar surface area (TPSA) is 139 Å². The van der Waals surface area contributed by atoms with Crippen LogP contribution >= 0.6 is 0 Å². The number of aromatic nitrogens is 2. The second kappa shape index (κ2) is 9.39. The van der Waals surface area contributed by atoms with Gasteiger partial charge in [0.25, 0.3) is 11.6 Å². The van der Waals surface area contributed by atoms with Gasteiger partial charge >= 0.3 is 6.01 Å². The van der Waals surface area contributed by atoms with Gasteiger partial charge in [-0.15, -0.1) is 5.10 Å². The highest BCUT2D eigenvalue weighted by atomic mass is 16.6. The van der Waals surface area contributed by atoms with Crippen molar-refractivity contribution in [1.29, 1.82) is 0 Å². The molecule has 1 heterocycles. The Labute approximate surface area is 176 Å². The number of nitrogens with zero attached hydrogens (tertiary/aromatic N) is 3. The molecule has 0 unspecified atom stereocenters. The molecule has 0 saturated carbocycles. The van der Waals surface area contributed by atoms with E-state index in [1.54, 1.807) is 18.2 Å². The average molecular weight is 426 g/mol. The number of non-ortho nitro benzene ring substituents is 1. The molecule has 1 amide bonds. The van der Waals surface area contributed by atoms with Crippen molar-refractivity contribution in [2.45, 2.75) is 0 Å². The number of hydrogen-bond acceptors (Lipinski definition) is 9. The monoisotopic (exact) mass is 426 g/mol. The fraction of sp³-hybridized carbons (Fsp3) is 0.150. The number of nitro benzene ring substituents is 1. The second-order valence-corrected chi connectivity index (χ2v) is 6.00. The fourth-order valence-electron chi connectivity index (χ4n) is 2.66. The normalized spacial score (nSPS) is 10.7. The number of amides is 1. The van der Waals surface area contributed by atoms with Crippen LogP contribution in [0.3, 0.4) is 0 Å². The van der Waals surface area contributed by atoms with Crippen molar-refractivity contribution < 1.29 is 28.3 Å². The molecule has 0 aliphatic rings. The first-order chi connectivity index (χ1) is 14.9. The minimum atomic E-state index is -0.549. The molecule has 3 aromatic rings. The lowest BCUT2D eigenvalue weighted by atomic mass is 10.2. The van der Waals surface area contributed by atoms with Crippen LogP contribution in [0.15, 0.2) is 46.9 Å². The third-order valence-electron chi connectivity index (χ3n) is 4.07. The Morgan fingerprint density at radius 1 is 1.10 bits per heavy atom. The molecule has 3 rings (SSSR count). The maximum atomic E-state index is 12.1. The van der Waals surface area contributed by atoms with E-state index >= 15 is 0 Å². The Balaban J connectivity index is 1.75. The van der Waals surface area contributed by atoms with Crippen molar-refractivity contribution in [3.63, 3.8) is 0 Å². The van der Waals surface area contributed by atoms with E-state index in [0.29, 0.717) is 28.4 Å². The molecular weight excluding hydrogens is 408 g/mol. The minimum absolute atomic E-state index is 0.0746. The summed E-state index contributed by atoms with van der Waals surface area (Å²) in [6.45, 7) is 0. The van der Waals surface area contributed by atoms with Gasteiger partial charge in [0.05, 0.1) is 26.3 Å². The molecule has 1 N–H and O–H groups in total. The molecule has 0 atom stereocenters. The van der Waals surface area contributed by atoms with Gasteiger partial charge in [-0.2, -0.15) is 0 Å². The van der Waals surface area contributed by atoms with E-state index in [9.17, 15) is 14.9 Å². The van der Waals surface area contributed by atoms with Crippen LogP contribution in [-0.4, -0.2) is 42.4 Å². The van der Waals surface area contributed by atoms with Crippen LogP contribution in [0.4, 0.5) is 11.7 Å². The maximum Gasteiger partial charge on any atom is 0.322 e. The first kappa shape index (κ1) is 21.3. The van der Waals surface area contributed by atoms with Gasteiger partial charge < -0.3 is 18.6 Å². The number of nitrogens with one attached hydrogen (secondary N) is 1. The molecule has 160 valence electrons. The summed E-state index contributed by atoms with van der Waals surface area (Å²) in [6, 6.07) is 8.99. The van der Waals surface area contributed by atoms with Crippen LogP contribution in [0.2, 0.25) is 0 Å². The van der Waals surface area contributed by atoms with Gasteiger partial charge in [0.1, 0.15) is 0 Å². The van der Waals surface area contributed by atoms with Gasteiger partial charge in [-0.1, -0.05) is 17.2 Å². The molecule has 0 aliphatic carbocycles. The molecule has 0 radical (unpaired) electrons. The molecule has 11 nitrogen and oxygen atoms in total. The second-order valence-electron chi connectivity index (χ2n) is 6.00. The smallest absolute Gasteiger partial charge is 0.322 e. The Morgan fingerprint density at radius 3 is 2.42 bits per heavy atom. The summed E-state index contributed by atoms with van der Waals surface area (Å²) in [5, 5.41) is 21.0. The highest BCUT2D eigenvalue weighted by Crippen LogP contribution is 2.41. The van der Waals surface area contributed by atoms with Gasteiger partial charge in [-0.05, 0) is 23.8 Å². The zero-order chi connectivity index (χ0) is 22.4. The lowest BCUT2D eigenvalue weighted by Gasteiger charge is -2.12. The van der Waals surface area contributed by atoms with E-state index in [4.69, 9.17) is 18.6 Å². The standard InChI is InChI=1S/C20H18N4O7/c1-28-15-10-13(11-16(29-2)18(15)30-3)19-22-23-20(31-19)21-17(25)8-7-12-5-4-6-14(9-12)24(26)27/h4-11H,1-3H3,(H,21,23,25)/b8-7+. The Bertz CT molecular complexity index is 1120. The number of benzene rings is 2. The van der Waals surface area contributed by atoms with Crippen LogP contribution in [0.25, 0.3) is 17.5 Å². The average Bonchev–Trinajstić information content (AvgIpc) is 3.25. The van der Waals surface area contributed by atoms with Crippen LogP contribution in [0, 0.1) is 10.1 Å². The first-order valence-electron chi connectivity index (χ1n) is 8.82. The van der Waals surface area contributed by atoms with Gasteiger partial charge in [-0.25, -0.2) is 0 Å². The Morgan fingerprint density at radius 2 is 1.81 bits per heavy atom. The summed E-state index contributed by atoms with van der Waals surface area (Å²) in [7, 11) is 4.45. The number of nitro groups is 1. The van der Waals surface area contributed by atoms with E-state index in [1.807, 2.05) is 0 Å². The Kier molecular flexibility index (Phi) is 6.45. The lowest BCUT2D eigenvalue weighted by molar-refractivity contribution is -0.384. The van der Waals surface area contributed by atoms with E-state index < -0.39 is 10.8 Å². The van der Waals surface area contributed by atoms with Gasteiger partial charge in [-0.3, -0.25) is 20.2 Å². The van der Waals surface area contributed by atoms with Crippen LogP contribution in [0.5, 0.6) is 17.2 Å². The van der Waals surface area contributed by atoms with Crippen molar-refractivity contribution in [2.75, 3.05) is 26.6 Å². The van der Waals surface area contributed by atoms with Crippen molar-refractivity contribution in [3.05, 3.63) is 58.2 Å². The van der Waals surface area contributed by atoms with Gasteiger partial charge in [0.15, 0.2) is 11.5 Å². The largest absolute Gasteiger partial charge is 0.493 e. The highest BCUT2D eigenvalue weighted by molar-refractivity contribution is 6.00. The predicted molar refractivity (Wildman–Crippen MR) is 110 cm³/mol. The number of ether oxygens (including phenoxy) is 3. The van der Waals surface area contributed by atoms with E-state index in [-0.39, 0.29) is 17.6 Å². The molecule has 0 saturated heterocycles. The molecule has 0 aliphatic heterocycles. The van der Waals surface area contributed by atoms with Gasteiger partial charge in [0.2, 0.25) is 11.6 Å². The Hall–Kier alpha value is -4.41. The highest BCUT2D eigenvalue weighted by Gasteiger charge is 2.18. The molecule has 1 aromatic heterocycles. The molecule has 0 fully saturated rings. The third-order valence-corrected chi connectivity index (χ3v) is 4.07. The van der Waals surface area contributed by atoms with Crippen molar-refractivity contribution in [1.82, 2.24) is 10.2 Å². The van der Waals surface area contributed by atoms with Crippen LogP contribution < -0.4 is 19.5 Å². The lowest BCUT2D eigenvalue weighted by Crippen LogP contribution is -2.07. The number of methoxy groups -OCH3 is 3. The predicted octanol–water partition coefficient (Wildman–Crippen LogP) is 3.32. The number of hydrogen-bond donors (Lipinski definition) is 1. The van der Waals surface area contributed by atoms with Crippen molar-refractivity contribution >= 4 is 23.7 Å². The molecule has 2 aromatic carbocycles. The molecule has 31 heavy (non-hydrogen) atoms. The van der Waals surface area contributed by atoms with E-state index in [1.165, 1.54) is 51.7 Å². The molecule has 11 heteroatoms. The number of carbonyl (C=O) groups excluding carboxylic acids is 1. The quantitative estimate of drug-likeness (QED) is 0.326. The third kappa shape index (κ3) is 4.96. The molecular formula is C20H18N4O7.